The van der Waals surface area contributed by atoms with Crippen molar-refractivity contribution in [1.29, 1.82) is 5.26 Å². The van der Waals surface area contributed by atoms with Crippen molar-refractivity contribution in [2.75, 3.05) is 5.32 Å². The number of amides is 1. The highest BCUT2D eigenvalue weighted by molar-refractivity contribution is 7.09. The fourth-order valence-electron chi connectivity index (χ4n) is 3.48. The van der Waals surface area contributed by atoms with E-state index in [0.717, 1.165) is 27.2 Å². The summed E-state index contributed by atoms with van der Waals surface area (Å²) in [5, 5.41) is 15.5. The summed E-state index contributed by atoms with van der Waals surface area (Å²) in [7, 11) is 0. The van der Waals surface area contributed by atoms with Crippen LogP contribution in [-0.4, -0.2) is 20.4 Å². The molecular formula is C23H19N5OS. The Hall–Kier alpha value is -3.76. The summed E-state index contributed by atoms with van der Waals surface area (Å²) in [5.74, 6) is -0.291. The maximum atomic E-state index is 12.4. The second-order valence-electron chi connectivity index (χ2n) is 6.88. The summed E-state index contributed by atoms with van der Waals surface area (Å²) >= 11 is 1.64. The number of hydrogen-bond donors (Lipinski definition) is 1. The number of aryl methyl sites for hydroxylation is 2. The van der Waals surface area contributed by atoms with Gasteiger partial charge in [-0.1, -0.05) is 6.07 Å². The van der Waals surface area contributed by atoms with E-state index in [1.54, 1.807) is 41.9 Å². The minimum absolute atomic E-state index is 0.291. The van der Waals surface area contributed by atoms with Gasteiger partial charge in [0.1, 0.15) is 11.7 Å². The molecule has 0 bridgehead atoms. The van der Waals surface area contributed by atoms with Crippen molar-refractivity contribution in [2.45, 2.75) is 20.4 Å². The zero-order valence-corrected chi connectivity index (χ0v) is 17.4. The van der Waals surface area contributed by atoms with Gasteiger partial charge >= 0.3 is 0 Å². The summed E-state index contributed by atoms with van der Waals surface area (Å²) < 4.78 is 2.01. The summed E-state index contributed by atoms with van der Waals surface area (Å²) in [6, 6.07) is 11.9. The SMILES string of the molecule is Cc1cc(C)c2c(C#N)c(C=CC(=O)Nc3cccnc3)n(Cc3cccs3)c2n1. The number of fused-ring (bicyclic) bond motifs is 1. The molecule has 0 aliphatic rings. The van der Waals surface area contributed by atoms with Gasteiger partial charge in [-0.15, -0.1) is 11.3 Å². The molecule has 0 aliphatic carbocycles. The van der Waals surface area contributed by atoms with E-state index in [1.807, 2.05) is 42.0 Å². The van der Waals surface area contributed by atoms with Gasteiger partial charge in [-0.2, -0.15) is 5.26 Å². The number of aromatic nitrogens is 3. The van der Waals surface area contributed by atoms with Gasteiger partial charge in [0, 0.05) is 28.2 Å². The molecule has 4 rings (SSSR count). The molecule has 0 unspecified atom stereocenters. The van der Waals surface area contributed by atoms with E-state index in [2.05, 4.69) is 16.4 Å². The fourth-order valence-corrected chi connectivity index (χ4v) is 4.17. The van der Waals surface area contributed by atoms with E-state index in [9.17, 15) is 10.1 Å². The number of nitrogens with zero attached hydrogens (tertiary/aromatic N) is 4. The fraction of sp³-hybridized carbons (Fsp3) is 0.130. The molecule has 4 aromatic rings. The number of carbonyl (C=O) groups excluding carboxylic acids is 1. The van der Waals surface area contributed by atoms with Crippen LogP contribution < -0.4 is 5.32 Å². The van der Waals surface area contributed by atoms with E-state index in [4.69, 9.17) is 4.98 Å². The Morgan fingerprint density at radius 3 is 2.90 bits per heavy atom. The highest BCUT2D eigenvalue weighted by atomic mass is 32.1. The minimum Gasteiger partial charge on any atom is -0.321 e. The number of nitrogens with one attached hydrogen (secondary N) is 1. The summed E-state index contributed by atoms with van der Waals surface area (Å²) in [4.78, 5) is 22.3. The van der Waals surface area contributed by atoms with Crippen LogP contribution in [0, 0.1) is 25.2 Å². The molecular weight excluding hydrogens is 394 g/mol. The van der Waals surface area contributed by atoms with Gasteiger partial charge in [0.15, 0.2) is 0 Å². The number of rotatable bonds is 5. The Balaban J connectivity index is 1.80. The number of nitriles is 1. The van der Waals surface area contributed by atoms with Crippen molar-refractivity contribution in [3.05, 3.63) is 81.6 Å². The largest absolute Gasteiger partial charge is 0.321 e. The molecule has 0 fully saturated rings. The molecule has 4 heterocycles. The Morgan fingerprint density at radius 1 is 1.33 bits per heavy atom. The average Bonchev–Trinajstić information content (AvgIpc) is 3.34. The van der Waals surface area contributed by atoms with Crippen LogP contribution in [0.1, 0.15) is 27.4 Å². The zero-order chi connectivity index (χ0) is 21.1. The number of carbonyl (C=O) groups is 1. The van der Waals surface area contributed by atoms with Crippen molar-refractivity contribution in [3.63, 3.8) is 0 Å². The molecule has 148 valence electrons. The standard InChI is InChI=1S/C23H19N5OS/c1-15-11-16(2)26-23-22(15)19(12-24)20(28(23)14-18-6-4-10-30-18)7-8-21(29)27-17-5-3-9-25-13-17/h3-11,13H,14H2,1-2H3,(H,27,29). The number of hydrogen-bond acceptors (Lipinski definition) is 5. The molecule has 7 heteroatoms. The third-order valence-electron chi connectivity index (χ3n) is 4.71. The van der Waals surface area contributed by atoms with E-state index < -0.39 is 0 Å². The Morgan fingerprint density at radius 2 is 2.20 bits per heavy atom. The molecule has 0 aromatic carbocycles. The topological polar surface area (TPSA) is 83.6 Å². The monoisotopic (exact) mass is 413 g/mol. The molecule has 30 heavy (non-hydrogen) atoms. The van der Waals surface area contributed by atoms with Crippen molar-refractivity contribution < 1.29 is 4.79 Å². The molecule has 4 aromatic heterocycles. The molecule has 1 N–H and O–H groups in total. The Labute approximate surface area is 178 Å². The summed E-state index contributed by atoms with van der Waals surface area (Å²) in [6.07, 6.45) is 6.35. The number of pyridine rings is 2. The quantitative estimate of drug-likeness (QED) is 0.482. The van der Waals surface area contributed by atoms with Crippen molar-refractivity contribution >= 4 is 40.0 Å². The highest BCUT2D eigenvalue weighted by Crippen LogP contribution is 2.30. The summed E-state index contributed by atoms with van der Waals surface area (Å²) in [5.41, 5.74) is 4.44. The van der Waals surface area contributed by atoms with E-state index >= 15 is 0 Å². The third kappa shape index (κ3) is 3.86. The van der Waals surface area contributed by atoms with Crippen molar-refractivity contribution in [3.8, 4) is 6.07 Å². The first-order valence-electron chi connectivity index (χ1n) is 9.39. The van der Waals surface area contributed by atoms with Crippen LogP contribution in [0.5, 0.6) is 0 Å². The molecule has 0 radical (unpaired) electrons. The lowest BCUT2D eigenvalue weighted by molar-refractivity contribution is -0.111. The predicted octanol–water partition coefficient (Wildman–Crippen LogP) is 4.68. The van der Waals surface area contributed by atoms with E-state index in [1.165, 1.54) is 6.08 Å². The maximum Gasteiger partial charge on any atom is 0.248 e. The van der Waals surface area contributed by atoms with Crippen LogP contribution in [0.2, 0.25) is 0 Å². The highest BCUT2D eigenvalue weighted by Gasteiger charge is 2.19. The van der Waals surface area contributed by atoms with E-state index in [0.29, 0.717) is 23.5 Å². The van der Waals surface area contributed by atoms with Gasteiger partial charge < -0.3 is 9.88 Å². The second-order valence-corrected chi connectivity index (χ2v) is 7.91. The molecule has 1 amide bonds. The van der Waals surface area contributed by atoms with E-state index in [-0.39, 0.29) is 5.91 Å². The van der Waals surface area contributed by atoms with Gasteiger partial charge in [-0.25, -0.2) is 4.98 Å². The second kappa shape index (κ2) is 8.31. The Kier molecular flexibility index (Phi) is 5.42. The van der Waals surface area contributed by atoms with Crippen LogP contribution in [-0.2, 0) is 11.3 Å². The molecule has 0 spiro atoms. The smallest absolute Gasteiger partial charge is 0.248 e. The average molecular weight is 414 g/mol. The zero-order valence-electron chi connectivity index (χ0n) is 16.6. The first kappa shape index (κ1) is 19.6. The van der Waals surface area contributed by atoms with Crippen LogP contribution in [0.25, 0.3) is 17.1 Å². The normalized spacial score (nSPS) is 11.1. The van der Waals surface area contributed by atoms with Crippen molar-refractivity contribution in [1.82, 2.24) is 14.5 Å². The third-order valence-corrected chi connectivity index (χ3v) is 5.57. The summed E-state index contributed by atoms with van der Waals surface area (Å²) in [6.45, 7) is 4.50. The first-order chi connectivity index (χ1) is 14.6. The van der Waals surface area contributed by atoms with Gasteiger partial charge in [0.05, 0.1) is 29.7 Å². The van der Waals surface area contributed by atoms with Gasteiger partial charge in [0.25, 0.3) is 0 Å². The molecule has 6 nitrogen and oxygen atoms in total. The molecule has 0 aliphatic heterocycles. The van der Waals surface area contributed by atoms with Gasteiger partial charge in [0.2, 0.25) is 5.91 Å². The number of thiophene rings is 1. The van der Waals surface area contributed by atoms with Gasteiger partial charge in [-0.05, 0) is 55.1 Å². The molecule has 0 saturated carbocycles. The van der Waals surface area contributed by atoms with Crippen LogP contribution in [0.3, 0.4) is 0 Å². The lowest BCUT2D eigenvalue weighted by Crippen LogP contribution is -2.08. The number of anilines is 1. The van der Waals surface area contributed by atoms with Crippen LogP contribution in [0.4, 0.5) is 5.69 Å². The minimum atomic E-state index is -0.291. The molecule has 0 atom stereocenters. The van der Waals surface area contributed by atoms with Crippen LogP contribution >= 0.6 is 11.3 Å². The lowest BCUT2D eigenvalue weighted by Gasteiger charge is -2.07. The molecule has 0 saturated heterocycles. The lowest BCUT2D eigenvalue weighted by atomic mass is 10.1. The van der Waals surface area contributed by atoms with Crippen LogP contribution in [0.15, 0.2) is 54.2 Å². The van der Waals surface area contributed by atoms with Gasteiger partial charge in [-0.3, -0.25) is 9.78 Å². The Bertz CT molecular complexity index is 1280. The first-order valence-corrected chi connectivity index (χ1v) is 10.3. The van der Waals surface area contributed by atoms with Crippen molar-refractivity contribution in [2.24, 2.45) is 0 Å². The maximum absolute atomic E-state index is 12.4. The predicted molar refractivity (Wildman–Crippen MR) is 119 cm³/mol.